The van der Waals surface area contributed by atoms with Gasteiger partial charge in [-0.15, -0.1) is 0 Å². The molecule has 0 atom stereocenters. The lowest BCUT2D eigenvalue weighted by molar-refractivity contribution is 0.0811. The van der Waals surface area contributed by atoms with Crippen LogP contribution in [0.15, 0.2) is 24.3 Å². The van der Waals surface area contributed by atoms with Crippen molar-refractivity contribution in [2.75, 3.05) is 0 Å². The summed E-state index contributed by atoms with van der Waals surface area (Å²) in [6.07, 6.45) is 1.96. The molecule has 1 aromatic carbocycles. The Balaban J connectivity index is 2.38. The smallest absolute Gasteiger partial charge is 0.170 e. The van der Waals surface area contributed by atoms with Gasteiger partial charge in [0.2, 0.25) is 0 Å². The number of hydrogen-bond donors (Lipinski definition) is 0. The number of benzene rings is 1. The number of ketones is 1. The zero-order chi connectivity index (χ0) is 12.9. The van der Waals surface area contributed by atoms with Gasteiger partial charge in [-0.25, -0.2) is 0 Å². The second-order valence-electron chi connectivity index (χ2n) is 5.80. The van der Waals surface area contributed by atoms with Gasteiger partial charge in [-0.3, -0.25) is 4.79 Å². The number of rotatable bonds is 1. The highest BCUT2D eigenvalue weighted by molar-refractivity contribution is 6.12. The van der Waals surface area contributed by atoms with E-state index in [2.05, 4.69) is 43.5 Å². The van der Waals surface area contributed by atoms with E-state index >= 15 is 0 Å². The lowest BCUT2D eigenvalue weighted by Gasteiger charge is -2.28. The van der Waals surface area contributed by atoms with Crippen molar-refractivity contribution >= 4 is 16.7 Å². The van der Waals surface area contributed by atoms with E-state index in [1.54, 1.807) is 0 Å². The molecule has 3 rings (SSSR count). The molecular formula is C16H19NO. The maximum Gasteiger partial charge on any atom is 0.170 e. The first-order valence-corrected chi connectivity index (χ1v) is 6.71. The maximum absolute atomic E-state index is 12.7. The first kappa shape index (κ1) is 11.5. The van der Waals surface area contributed by atoms with Crippen LogP contribution in [0.5, 0.6) is 0 Å². The monoisotopic (exact) mass is 241 g/mol. The molecule has 1 aromatic heterocycles. The molecule has 1 aliphatic carbocycles. The summed E-state index contributed by atoms with van der Waals surface area (Å²) in [5.41, 5.74) is 3.21. The van der Waals surface area contributed by atoms with Gasteiger partial charge in [0.25, 0.3) is 0 Å². The second-order valence-corrected chi connectivity index (χ2v) is 5.80. The Kier molecular flexibility index (Phi) is 2.37. The predicted octanol–water partition coefficient (Wildman–Crippen LogP) is 3.82. The molecule has 2 heteroatoms. The van der Waals surface area contributed by atoms with Crippen LogP contribution in [0.4, 0.5) is 0 Å². The quantitative estimate of drug-likeness (QED) is 0.744. The average molecular weight is 241 g/mol. The molecule has 2 aromatic rings. The number of aromatic nitrogens is 1. The molecule has 0 aliphatic heterocycles. The van der Waals surface area contributed by atoms with Crippen LogP contribution in [0.1, 0.15) is 43.2 Å². The Morgan fingerprint density at radius 3 is 2.72 bits per heavy atom. The van der Waals surface area contributed by atoms with Crippen LogP contribution in [-0.2, 0) is 13.0 Å². The molecule has 0 saturated carbocycles. The van der Waals surface area contributed by atoms with Crippen molar-refractivity contribution in [3.05, 3.63) is 35.5 Å². The molecule has 0 unspecified atom stereocenters. The van der Waals surface area contributed by atoms with E-state index in [0.29, 0.717) is 5.78 Å². The zero-order valence-electron chi connectivity index (χ0n) is 11.3. The Morgan fingerprint density at radius 2 is 2.00 bits per heavy atom. The van der Waals surface area contributed by atoms with E-state index in [-0.39, 0.29) is 5.41 Å². The second kappa shape index (κ2) is 3.71. The molecule has 0 amide bonds. The van der Waals surface area contributed by atoms with Gasteiger partial charge in [0.05, 0.1) is 0 Å². The van der Waals surface area contributed by atoms with Crippen molar-refractivity contribution in [3.63, 3.8) is 0 Å². The topological polar surface area (TPSA) is 22.0 Å². The zero-order valence-corrected chi connectivity index (χ0v) is 11.3. The largest absolute Gasteiger partial charge is 0.344 e. The van der Waals surface area contributed by atoms with Gasteiger partial charge in [0.15, 0.2) is 5.78 Å². The van der Waals surface area contributed by atoms with E-state index in [9.17, 15) is 4.79 Å². The highest BCUT2D eigenvalue weighted by Crippen LogP contribution is 2.39. The van der Waals surface area contributed by atoms with Gasteiger partial charge in [-0.05, 0) is 25.8 Å². The summed E-state index contributed by atoms with van der Waals surface area (Å²) in [7, 11) is 0. The Morgan fingerprint density at radius 1 is 1.28 bits per heavy atom. The molecule has 18 heavy (non-hydrogen) atoms. The average Bonchev–Trinajstić information content (AvgIpc) is 2.68. The molecule has 0 saturated heterocycles. The van der Waals surface area contributed by atoms with E-state index in [1.165, 1.54) is 11.2 Å². The van der Waals surface area contributed by atoms with Crippen molar-refractivity contribution in [2.24, 2.45) is 5.41 Å². The van der Waals surface area contributed by atoms with Gasteiger partial charge < -0.3 is 4.57 Å². The molecule has 2 nitrogen and oxygen atoms in total. The normalized spacial score (nSPS) is 18.1. The first-order valence-electron chi connectivity index (χ1n) is 6.71. The van der Waals surface area contributed by atoms with Crippen molar-refractivity contribution in [1.29, 1.82) is 0 Å². The van der Waals surface area contributed by atoms with Crippen LogP contribution in [-0.4, -0.2) is 10.4 Å². The summed E-state index contributed by atoms with van der Waals surface area (Å²) >= 11 is 0. The van der Waals surface area contributed by atoms with Gasteiger partial charge in [0.1, 0.15) is 0 Å². The Bertz CT molecular complexity index is 634. The number of hydrogen-bond acceptors (Lipinski definition) is 1. The van der Waals surface area contributed by atoms with Crippen molar-refractivity contribution < 1.29 is 4.79 Å². The molecule has 94 valence electrons. The third-order valence-electron chi connectivity index (χ3n) is 4.22. The minimum Gasteiger partial charge on any atom is -0.344 e. The third kappa shape index (κ3) is 1.38. The lowest BCUT2D eigenvalue weighted by Crippen LogP contribution is -2.30. The van der Waals surface area contributed by atoms with Gasteiger partial charge in [0, 0.05) is 34.1 Å². The van der Waals surface area contributed by atoms with Crippen LogP contribution < -0.4 is 0 Å². The van der Waals surface area contributed by atoms with E-state index in [0.717, 1.165) is 30.3 Å². The number of aryl methyl sites for hydroxylation is 1. The van der Waals surface area contributed by atoms with Crippen molar-refractivity contribution in [3.8, 4) is 0 Å². The maximum atomic E-state index is 12.7. The fraction of sp³-hybridized carbons (Fsp3) is 0.438. The minimum absolute atomic E-state index is 0.213. The summed E-state index contributed by atoms with van der Waals surface area (Å²) in [5, 5.41) is 1.13. The summed E-state index contributed by atoms with van der Waals surface area (Å²) in [4.78, 5) is 12.7. The van der Waals surface area contributed by atoms with E-state index in [1.807, 2.05) is 6.07 Å². The molecule has 0 spiro atoms. The summed E-state index contributed by atoms with van der Waals surface area (Å²) in [6.45, 7) is 7.22. The van der Waals surface area contributed by atoms with Crippen molar-refractivity contribution in [1.82, 2.24) is 4.57 Å². The number of carbonyl (C=O) groups is 1. The van der Waals surface area contributed by atoms with Crippen LogP contribution in [0.3, 0.4) is 0 Å². The fourth-order valence-electron chi connectivity index (χ4n) is 3.11. The van der Waals surface area contributed by atoms with Gasteiger partial charge in [-0.2, -0.15) is 0 Å². The number of nitrogens with zero attached hydrogens (tertiary/aromatic N) is 1. The minimum atomic E-state index is -0.213. The highest BCUT2D eigenvalue weighted by Gasteiger charge is 2.37. The number of fused-ring (bicyclic) bond motifs is 3. The van der Waals surface area contributed by atoms with Crippen LogP contribution >= 0.6 is 0 Å². The molecule has 0 N–H and O–H groups in total. The number of Topliss-reactive ketones (excluding diaryl/α,β-unsaturated/α-hetero) is 1. The van der Waals surface area contributed by atoms with Gasteiger partial charge >= 0.3 is 0 Å². The molecular weight excluding hydrogens is 222 g/mol. The number of para-hydroxylation sites is 1. The van der Waals surface area contributed by atoms with Crippen LogP contribution in [0.2, 0.25) is 0 Å². The predicted molar refractivity (Wildman–Crippen MR) is 74.0 cm³/mol. The summed E-state index contributed by atoms with van der Waals surface area (Å²) < 4.78 is 2.30. The molecule has 1 aliphatic rings. The van der Waals surface area contributed by atoms with E-state index in [4.69, 9.17) is 0 Å². The lowest BCUT2D eigenvalue weighted by atomic mass is 9.74. The van der Waals surface area contributed by atoms with Crippen LogP contribution in [0.25, 0.3) is 10.9 Å². The number of carbonyl (C=O) groups excluding carboxylic acids is 1. The van der Waals surface area contributed by atoms with E-state index < -0.39 is 0 Å². The first-order chi connectivity index (χ1) is 8.56. The fourth-order valence-corrected chi connectivity index (χ4v) is 3.11. The highest BCUT2D eigenvalue weighted by atomic mass is 16.1. The summed E-state index contributed by atoms with van der Waals surface area (Å²) in [6, 6.07) is 8.28. The standard InChI is InChI=1S/C16H19NO/c1-4-17-12-8-6-5-7-11(12)14-13(17)9-10-16(2,3)15(14)18/h5-8H,4,9-10H2,1-3H3. The van der Waals surface area contributed by atoms with Crippen molar-refractivity contribution in [2.45, 2.75) is 40.2 Å². The molecule has 0 bridgehead atoms. The third-order valence-corrected chi connectivity index (χ3v) is 4.22. The molecule has 0 fully saturated rings. The molecule has 1 heterocycles. The SMILES string of the molecule is CCn1c2c(c3ccccc31)C(=O)C(C)(C)CC2. The molecule has 0 radical (unpaired) electrons. The Labute approximate surface area is 108 Å². The summed E-state index contributed by atoms with van der Waals surface area (Å²) in [5.74, 6) is 0.312. The Hall–Kier alpha value is -1.57. The van der Waals surface area contributed by atoms with Gasteiger partial charge in [-0.1, -0.05) is 32.0 Å². The van der Waals surface area contributed by atoms with Crippen LogP contribution in [0, 0.1) is 5.41 Å².